The molecule has 3 rings (SSSR count). The van der Waals surface area contributed by atoms with Crippen molar-refractivity contribution in [3.63, 3.8) is 0 Å². The fourth-order valence-electron chi connectivity index (χ4n) is 3.65. The van der Waals surface area contributed by atoms with E-state index in [1.807, 2.05) is 19.1 Å². The zero-order valence-corrected chi connectivity index (χ0v) is 18.3. The third-order valence-corrected chi connectivity index (χ3v) is 5.27. The minimum atomic E-state index is -4.78. The molecular weight excluding hydrogens is 439 g/mol. The summed E-state index contributed by atoms with van der Waals surface area (Å²) in [7, 11) is 0. The lowest BCUT2D eigenvalue weighted by atomic mass is 9.99. The van der Waals surface area contributed by atoms with Crippen LogP contribution >= 0.6 is 0 Å². The van der Waals surface area contributed by atoms with Crippen LogP contribution in [0.5, 0.6) is 5.75 Å². The number of aromatic nitrogens is 1. The molecule has 0 bridgehead atoms. The molecule has 2 aromatic rings. The standard InChI is InChI=1S/C23H26F3N3O4/c1-14-10-18(3-4-20(14)33-23(24,25)26)28-22(32)29-7-5-17(6-8-29)21-15(2)9-16(12-27-21)11-19(31)13-30/h3-5,9-10,12,19,30-31H,6-8,11,13H2,1-2H3,(H,28,32)/t19-/m1/s1. The maximum Gasteiger partial charge on any atom is 0.573 e. The van der Waals surface area contributed by atoms with Gasteiger partial charge in [-0.2, -0.15) is 0 Å². The summed E-state index contributed by atoms with van der Waals surface area (Å²) in [6.45, 7) is 3.90. The summed E-state index contributed by atoms with van der Waals surface area (Å²) in [4.78, 5) is 18.7. The summed E-state index contributed by atoms with van der Waals surface area (Å²) >= 11 is 0. The number of benzene rings is 1. The number of nitrogens with zero attached hydrogens (tertiary/aromatic N) is 2. The first-order valence-corrected chi connectivity index (χ1v) is 10.4. The van der Waals surface area contributed by atoms with Crippen molar-refractivity contribution < 1.29 is 32.9 Å². The number of alkyl halides is 3. The molecule has 0 radical (unpaired) electrons. The van der Waals surface area contributed by atoms with Crippen molar-refractivity contribution in [2.45, 2.75) is 39.2 Å². The smallest absolute Gasteiger partial charge is 0.406 e. The maximum atomic E-state index is 12.6. The predicted octanol–water partition coefficient (Wildman–Crippen LogP) is 3.81. The van der Waals surface area contributed by atoms with Crippen molar-refractivity contribution in [2.24, 2.45) is 0 Å². The minimum Gasteiger partial charge on any atom is -0.406 e. The molecule has 0 saturated heterocycles. The SMILES string of the molecule is Cc1cc(NC(=O)N2CC=C(c3ncc(C[C@@H](O)CO)cc3C)CC2)ccc1OC(F)(F)F. The Labute approximate surface area is 189 Å². The Morgan fingerprint density at radius 3 is 2.61 bits per heavy atom. The van der Waals surface area contributed by atoms with E-state index in [9.17, 15) is 23.1 Å². The van der Waals surface area contributed by atoms with Crippen molar-refractivity contribution in [3.05, 3.63) is 58.9 Å². The Morgan fingerprint density at radius 2 is 2.03 bits per heavy atom. The van der Waals surface area contributed by atoms with Gasteiger partial charge < -0.3 is 25.2 Å². The van der Waals surface area contributed by atoms with E-state index in [-0.39, 0.29) is 24.0 Å². The second kappa shape index (κ2) is 10.2. The minimum absolute atomic E-state index is 0.252. The molecule has 178 valence electrons. The normalized spacial score (nSPS) is 15.1. The number of rotatable bonds is 6. The molecule has 1 aromatic heterocycles. The lowest BCUT2D eigenvalue weighted by Gasteiger charge is -2.27. The average molecular weight is 465 g/mol. The topological polar surface area (TPSA) is 94.9 Å². The molecule has 1 aliphatic heterocycles. The molecular formula is C23H26F3N3O4. The highest BCUT2D eigenvalue weighted by Gasteiger charge is 2.31. The van der Waals surface area contributed by atoms with Gasteiger partial charge in [0.25, 0.3) is 0 Å². The quantitative estimate of drug-likeness (QED) is 0.603. The molecule has 0 fully saturated rings. The van der Waals surface area contributed by atoms with Gasteiger partial charge in [0.05, 0.1) is 18.4 Å². The molecule has 1 atom stereocenters. The van der Waals surface area contributed by atoms with E-state index in [2.05, 4.69) is 15.0 Å². The number of nitrogens with one attached hydrogen (secondary N) is 1. The number of amides is 2. The second-order valence-corrected chi connectivity index (χ2v) is 7.93. The van der Waals surface area contributed by atoms with E-state index < -0.39 is 12.5 Å². The summed E-state index contributed by atoms with van der Waals surface area (Å²) in [6, 6.07) is 5.53. The van der Waals surface area contributed by atoms with E-state index in [1.165, 1.54) is 25.1 Å². The number of hydrogen-bond acceptors (Lipinski definition) is 5. The number of anilines is 1. The van der Waals surface area contributed by atoms with Crippen LogP contribution in [-0.2, 0) is 6.42 Å². The Hall–Kier alpha value is -3.11. The third kappa shape index (κ3) is 6.69. The summed E-state index contributed by atoms with van der Waals surface area (Å²) < 4.78 is 41.2. The largest absolute Gasteiger partial charge is 0.573 e. The average Bonchev–Trinajstić information content (AvgIpc) is 2.75. The van der Waals surface area contributed by atoms with Gasteiger partial charge in [-0.1, -0.05) is 12.1 Å². The van der Waals surface area contributed by atoms with Crippen LogP contribution in [0.3, 0.4) is 0 Å². The summed E-state index contributed by atoms with van der Waals surface area (Å²) in [6.07, 6.45) is -1.09. The number of carbonyl (C=O) groups excluding carboxylic acids is 1. The molecule has 0 spiro atoms. The highest BCUT2D eigenvalue weighted by molar-refractivity contribution is 5.90. The molecule has 1 aromatic carbocycles. The van der Waals surface area contributed by atoms with Crippen LogP contribution in [0, 0.1) is 13.8 Å². The molecule has 10 heteroatoms. The lowest BCUT2D eigenvalue weighted by Crippen LogP contribution is -2.38. The van der Waals surface area contributed by atoms with Gasteiger partial charge in [-0.3, -0.25) is 4.98 Å². The maximum absolute atomic E-state index is 12.6. The van der Waals surface area contributed by atoms with Gasteiger partial charge in [0.2, 0.25) is 0 Å². The van der Waals surface area contributed by atoms with Gasteiger partial charge in [-0.05, 0) is 60.7 Å². The number of ether oxygens (including phenoxy) is 1. The molecule has 0 aliphatic carbocycles. The van der Waals surface area contributed by atoms with Crippen molar-refractivity contribution in [2.75, 3.05) is 25.0 Å². The Bertz CT molecular complexity index is 1040. The van der Waals surface area contributed by atoms with Crippen LogP contribution in [-0.4, -0.2) is 58.3 Å². The fourth-order valence-corrected chi connectivity index (χ4v) is 3.65. The molecule has 1 aliphatic rings. The summed E-state index contributed by atoms with van der Waals surface area (Å²) in [5.41, 5.74) is 4.24. The number of aryl methyl sites for hydroxylation is 2. The Morgan fingerprint density at radius 1 is 1.27 bits per heavy atom. The van der Waals surface area contributed by atoms with Crippen molar-refractivity contribution in [3.8, 4) is 5.75 Å². The first-order chi connectivity index (χ1) is 15.6. The van der Waals surface area contributed by atoms with Gasteiger partial charge in [0, 0.05) is 31.4 Å². The first kappa shape index (κ1) is 24.5. The van der Waals surface area contributed by atoms with Crippen molar-refractivity contribution in [1.82, 2.24) is 9.88 Å². The number of hydrogen-bond donors (Lipinski definition) is 3. The van der Waals surface area contributed by atoms with E-state index in [0.717, 1.165) is 22.4 Å². The number of carbonyl (C=O) groups is 1. The molecule has 33 heavy (non-hydrogen) atoms. The molecule has 2 amide bonds. The van der Waals surface area contributed by atoms with Gasteiger partial charge in [0.1, 0.15) is 5.75 Å². The highest BCUT2D eigenvalue weighted by atomic mass is 19.4. The number of aliphatic hydroxyl groups is 2. The van der Waals surface area contributed by atoms with E-state index in [4.69, 9.17) is 5.11 Å². The molecule has 0 unspecified atom stereocenters. The Balaban J connectivity index is 1.61. The zero-order valence-electron chi connectivity index (χ0n) is 18.3. The number of halogens is 3. The van der Waals surface area contributed by atoms with Crippen LogP contribution in [0.4, 0.5) is 23.7 Å². The van der Waals surface area contributed by atoms with Crippen LogP contribution in [0.2, 0.25) is 0 Å². The molecule has 3 N–H and O–H groups in total. The predicted molar refractivity (Wildman–Crippen MR) is 117 cm³/mol. The van der Waals surface area contributed by atoms with Gasteiger partial charge in [0.15, 0.2) is 0 Å². The first-order valence-electron chi connectivity index (χ1n) is 10.4. The van der Waals surface area contributed by atoms with E-state index in [0.29, 0.717) is 31.6 Å². The van der Waals surface area contributed by atoms with E-state index in [1.54, 1.807) is 11.1 Å². The number of urea groups is 1. The van der Waals surface area contributed by atoms with Crippen molar-refractivity contribution in [1.29, 1.82) is 0 Å². The van der Waals surface area contributed by atoms with Crippen molar-refractivity contribution >= 4 is 17.3 Å². The summed E-state index contributed by atoms with van der Waals surface area (Å²) in [5, 5.41) is 21.3. The highest BCUT2D eigenvalue weighted by Crippen LogP contribution is 2.29. The monoisotopic (exact) mass is 465 g/mol. The Kier molecular flexibility index (Phi) is 7.60. The fraction of sp³-hybridized carbons (Fsp3) is 0.391. The van der Waals surface area contributed by atoms with Crippen LogP contribution < -0.4 is 10.1 Å². The van der Waals surface area contributed by atoms with Gasteiger partial charge in [-0.15, -0.1) is 13.2 Å². The zero-order chi connectivity index (χ0) is 24.2. The molecule has 7 nitrogen and oxygen atoms in total. The lowest BCUT2D eigenvalue weighted by molar-refractivity contribution is -0.274. The molecule has 2 heterocycles. The summed E-state index contributed by atoms with van der Waals surface area (Å²) in [5.74, 6) is -0.314. The van der Waals surface area contributed by atoms with Gasteiger partial charge >= 0.3 is 12.4 Å². The molecule has 0 saturated carbocycles. The van der Waals surface area contributed by atoms with Crippen LogP contribution in [0.1, 0.15) is 28.8 Å². The van der Waals surface area contributed by atoms with Crippen LogP contribution in [0.15, 0.2) is 36.5 Å². The van der Waals surface area contributed by atoms with E-state index >= 15 is 0 Å². The third-order valence-electron chi connectivity index (χ3n) is 5.27. The van der Waals surface area contributed by atoms with Gasteiger partial charge in [-0.25, -0.2) is 4.79 Å². The van der Waals surface area contributed by atoms with Crippen LogP contribution in [0.25, 0.3) is 5.57 Å². The second-order valence-electron chi connectivity index (χ2n) is 7.93. The number of aliphatic hydroxyl groups excluding tert-OH is 2. The number of pyridine rings is 1.